The Bertz CT molecular complexity index is 1110. The molecule has 4 aromatic rings. The highest BCUT2D eigenvalue weighted by Crippen LogP contribution is 2.22. The van der Waals surface area contributed by atoms with Gasteiger partial charge in [-0.05, 0) is 35.8 Å². The Morgan fingerprint density at radius 1 is 1.26 bits per heavy atom. The molecule has 2 N–H and O–H groups in total. The van der Waals surface area contributed by atoms with E-state index in [9.17, 15) is 4.79 Å². The molecule has 4 heterocycles. The molecule has 0 aliphatic rings. The molecule has 27 heavy (non-hydrogen) atoms. The highest BCUT2D eigenvalue weighted by atomic mass is 32.1. The highest BCUT2D eigenvalue weighted by molar-refractivity contribution is 7.71. The zero-order valence-electron chi connectivity index (χ0n) is 14.3. The molecule has 10 heteroatoms. The lowest BCUT2D eigenvalue weighted by atomic mass is 10.3. The van der Waals surface area contributed by atoms with Crippen molar-refractivity contribution >= 4 is 35.1 Å². The van der Waals surface area contributed by atoms with Crippen LogP contribution in [0.25, 0.3) is 16.3 Å². The quantitative estimate of drug-likeness (QED) is 0.466. The molecule has 0 radical (unpaired) electrons. The maximum atomic E-state index is 12.2. The number of hydrogen-bond acceptors (Lipinski definition) is 6. The van der Waals surface area contributed by atoms with Crippen molar-refractivity contribution < 1.29 is 4.79 Å². The largest absolute Gasteiger partial charge is 0.356 e. The van der Waals surface area contributed by atoms with Crippen LogP contribution in [0.2, 0.25) is 0 Å². The Kier molecular flexibility index (Phi) is 5.07. The van der Waals surface area contributed by atoms with Crippen molar-refractivity contribution in [3.63, 3.8) is 0 Å². The van der Waals surface area contributed by atoms with E-state index in [1.807, 2.05) is 50.9 Å². The van der Waals surface area contributed by atoms with Gasteiger partial charge in [0.15, 0.2) is 16.2 Å². The molecule has 4 aromatic heterocycles. The first-order valence-corrected chi connectivity index (χ1v) is 9.75. The molecule has 0 aliphatic carbocycles. The summed E-state index contributed by atoms with van der Waals surface area (Å²) in [4.78, 5) is 13.2. The normalized spacial score (nSPS) is 11.1. The summed E-state index contributed by atoms with van der Waals surface area (Å²) in [7, 11) is 0. The van der Waals surface area contributed by atoms with Crippen LogP contribution in [0.15, 0.2) is 41.9 Å². The van der Waals surface area contributed by atoms with Crippen LogP contribution >= 0.6 is 23.6 Å². The summed E-state index contributed by atoms with van der Waals surface area (Å²) in [5.41, 5.74) is 0.800. The Labute approximate surface area is 163 Å². The van der Waals surface area contributed by atoms with E-state index in [0.717, 1.165) is 22.2 Å². The third-order valence-electron chi connectivity index (χ3n) is 4.12. The van der Waals surface area contributed by atoms with Crippen molar-refractivity contribution in [2.45, 2.75) is 19.4 Å². The van der Waals surface area contributed by atoms with Crippen LogP contribution in [0.3, 0.4) is 0 Å². The smallest absolute Gasteiger partial charge is 0.221 e. The lowest BCUT2D eigenvalue weighted by molar-refractivity contribution is -0.121. The number of nitrogens with one attached hydrogen (secondary N) is 2. The third kappa shape index (κ3) is 3.81. The maximum absolute atomic E-state index is 12.2. The van der Waals surface area contributed by atoms with Crippen LogP contribution in [-0.2, 0) is 17.8 Å². The molecular weight excluding hydrogens is 382 g/mol. The van der Waals surface area contributed by atoms with Crippen LogP contribution in [0, 0.1) is 4.77 Å². The summed E-state index contributed by atoms with van der Waals surface area (Å²) in [6, 6.07) is 9.69. The van der Waals surface area contributed by atoms with E-state index >= 15 is 0 Å². The lowest BCUT2D eigenvalue weighted by Gasteiger charge is -2.07. The van der Waals surface area contributed by atoms with Gasteiger partial charge in [-0.1, -0.05) is 12.1 Å². The number of rotatable bonds is 7. The second-order valence-corrected chi connectivity index (χ2v) is 7.21. The summed E-state index contributed by atoms with van der Waals surface area (Å²) in [6.07, 6.45) is 2.86. The molecule has 0 unspecified atom stereocenters. The van der Waals surface area contributed by atoms with Gasteiger partial charge in [-0.3, -0.25) is 18.9 Å². The molecule has 0 aliphatic heterocycles. The van der Waals surface area contributed by atoms with Crippen molar-refractivity contribution in [2.75, 3.05) is 6.54 Å². The van der Waals surface area contributed by atoms with E-state index in [0.29, 0.717) is 30.7 Å². The predicted octanol–water partition coefficient (Wildman–Crippen LogP) is 2.46. The number of fused-ring (bicyclic) bond motifs is 1. The molecule has 0 saturated heterocycles. The number of amides is 1. The number of aromatic amines is 1. The summed E-state index contributed by atoms with van der Waals surface area (Å²) >= 11 is 6.87. The third-order valence-corrected chi connectivity index (χ3v) is 5.29. The lowest BCUT2D eigenvalue weighted by Crippen LogP contribution is -2.27. The predicted molar refractivity (Wildman–Crippen MR) is 105 cm³/mol. The van der Waals surface area contributed by atoms with Crippen molar-refractivity contribution in [3.05, 3.63) is 52.5 Å². The summed E-state index contributed by atoms with van der Waals surface area (Å²) in [5.74, 6) is 1.55. The van der Waals surface area contributed by atoms with Crippen molar-refractivity contribution in [1.82, 2.24) is 34.7 Å². The Balaban J connectivity index is 1.32. The molecular formula is C17H17N7OS2. The number of thiophene rings is 1. The van der Waals surface area contributed by atoms with E-state index in [1.54, 1.807) is 11.3 Å². The SMILES string of the molecule is O=C(CCn1c(-c2cccs2)n[nH]c1=S)NCCc1nnc2ccccn12. The molecule has 0 saturated carbocycles. The van der Waals surface area contributed by atoms with Crippen LogP contribution in [-0.4, -0.2) is 41.8 Å². The molecule has 0 bridgehead atoms. The van der Waals surface area contributed by atoms with Crippen LogP contribution in [0.4, 0.5) is 0 Å². The maximum Gasteiger partial charge on any atom is 0.221 e. The van der Waals surface area contributed by atoms with Crippen LogP contribution in [0.1, 0.15) is 12.2 Å². The van der Waals surface area contributed by atoms with Gasteiger partial charge in [-0.25, -0.2) is 0 Å². The van der Waals surface area contributed by atoms with Gasteiger partial charge >= 0.3 is 0 Å². The van der Waals surface area contributed by atoms with Crippen molar-refractivity contribution in [1.29, 1.82) is 0 Å². The van der Waals surface area contributed by atoms with Crippen LogP contribution < -0.4 is 5.32 Å². The zero-order valence-corrected chi connectivity index (χ0v) is 16.0. The minimum absolute atomic E-state index is 0.0379. The van der Waals surface area contributed by atoms with Gasteiger partial charge in [-0.2, -0.15) is 5.10 Å². The first-order valence-electron chi connectivity index (χ1n) is 8.47. The first-order chi connectivity index (χ1) is 13.2. The summed E-state index contributed by atoms with van der Waals surface area (Å²) < 4.78 is 4.29. The standard InChI is InChI=1S/C17H17N7OS2/c25-15(18-8-6-14-20-19-13-5-1-2-9-23(13)14)7-10-24-16(21-22-17(24)26)12-4-3-11-27-12/h1-5,9,11H,6-8,10H2,(H,18,25)(H,22,26). The molecule has 4 rings (SSSR count). The fraction of sp³-hybridized carbons (Fsp3) is 0.235. The number of aromatic nitrogens is 6. The first kappa shape index (κ1) is 17.6. The van der Waals surface area contributed by atoms with Gasteiger partial charge < -0.3 is 5.32 Å². The summed E-state index contributed by atoms with van der Waals surface area (Å²) in [5, 5.41) is 20.2. The molecule has 0 atom stereocenters. The number of H-pyrrole nitrogens is 1. The van der Waals surface area contributed by atoms with Gasteiger partial charge in [0.25, 0.3) is 0 Å². The Hall–Kier alpha value is -2.85. The van der Waals surface area contributed by atoms with Crippen molar-refractivity contribution in [2.24, 2.45) is 0 Å². The molecule has 8 nitrogen and oxygen atoms in total. The van der Waals surface area contributed by atoms with Gasteiger partial charge in [0.2, 0.25) is 5.91 Å². The number of nitrogens with zero attached hydrogens (tertiary/aromatic N) is 5. The number of pyridine rings is 1. The average Bonchev–Trinajstić information content (AvgIpc) is 3.40. The number of carbonyl (C=O) groups is 1. The van der Waals surface area contributed by atoms with E-state index < -0.39 is 0 Å². The summed E-state index contributed by atoms with van der Waals surface area (Å²) in [6.45, 7) is 0.978. The minimum atomic E-state index is -0.0379. The number of hydrogen-bond donors (Lipinski definition) is 2. The van der Waals surface area contributed by atoms with Gasteiger partial charge in [0, 0.05) is 32.1 Å². The molecule has 0 aromatic carbocycles. The zero-order chi connectivity index (χ0) is 18.6. The Morgan fingerprint density at radius 2 is 2.19 bits per heavy atom. The van der Waals surface area contributed by atoms with E-state index in [4.69, 9.17) is 12.2 Å². The average molecular weight is 400 g/mol. The second kappa shape index (κ2) is 7.80. The van der Waals surface area contributed by atoms with Crippen LogP contribution in [0.5, 0.6) is 0 Å². The second-order valence-electron chi connectivity index (χ2n) is 5.88. The van der Waals surface area contributed by atoms with E-state index in [1.165, 1.54) is 0 Å². The van der Waals surface area contributed by atoms with Gasteiger partial charge in [0.05, 0.1) is 4.88 Å². The minimum Gasteiger partial charge on any atom is -0.356 e. The van der Waals surface area contributed by atoms with E-state index in [2.05, 4.69) is 25.7 Å². The van der Waals surface area contributed by atoms with Crippen molar-refractivity contribution in [3.8, 4) is 10.7 Å². The fourth-order valence-electron chi connectivity index (χ4n) is 2.80. The topological polar surface area (TPSA) is 92.9 Å². The molecule has 0 fully saturated rings. The van der Waals surface area contributed by atoms with E-state index in [-0.39, 0.29) is 5.91 Å². The number of carbonyl (C=O) groups excluding carboxylic acids is 1. The monoisotopic (exact) mass is 399 g/mol. The Morgan fingerprint density at radius 3 is 3.04 bits per heavy atom. The van der Waals surface area contributed by atoms with Gasteiger partial charge in [-0.15, -0.1) is 21.5 Å². The fourth-order valence-corrected chi connectivity index (χ4v) is 3.74. The molecule has 138 valence electrons. The molecule has 0 spiro atoms. The highest BCUT2D eigenvalue weighted by Gasteiger charge is 2.11. The molecule has 1 amide bonds. The van der Waals surface area contributed by atoms with Gasteiger partial charge in [0.1, 0.15) is 5.82 Å².